The first kappa shape index (κ1) is 16.8. The van der Waals surface area contributed by atoms with Gasteiger partial charge >= 0.3 is 11.9 Å². The first-order valence-corrected chi connectivity index (χ1v) is 7.35. The summed E-state index contributed by atoms with van der Waals surface area (Å²) >= 11 is 0.718. The van der Waals surface area contributed by atoms with Gasteiger partial charge in [-0.25, -0.2) is 9.59 Å². The van der Waals surface area contributed by atoms with Gasteiger partial charge in [-0.05, 0) is 42.5 Å². The zero-order chi connectivity index (χ0) is 17.1. The molecule has 2 rings (SSSR count). The SMILES string of the molecule is COC(=O)[C@H](C)N1C(=O)S/C(=C/c2ccc(C(=O)O)cc2)C1=O. The number of nitrogens with zero attached hydrogens (tertiary/aromatic N) is 1. The number of esters is 1. The molecule has 1 aliphatic rings. The molecule has 0 saturated carbocycles. The van der Waals surface area contributed by atoms with Crippen LogP contribution in [0.15, 0.2) is 29.2 Å². The van der Waals surface area contributed by atoms with E-state index in [-0.39, 0.29) is 10.5 Å². The minimum Gasteiger partial charge on any atom is -0.478 e. The van der Waals surface area contributed by atoms with Crippen LogP contribution in [0.5, 0.6) is 0 Å². The maximum atomic E-state index is 12.3. The first-order chi connectivity index (χ1) is 10.8. The summed E-state index contributed by atoms with van der Waals surface area (Å²) in [6, 6.07) is 4.85. The molecule has 8 heteroatoms. The molecule has 1 aromatic rings. The molecule has 1 atom stereocenters. The van der Waals surface area contributed by atoms with Crippen LogP contribution in [-0.4, -0.2) is 46.2 Å². The van der Waals surface area contributed by atoms with Crippen molar-refractivity contribution in [1.82, 2.24) is 4.90 Å². The fraction of sp³-hybridized carbons (Fsp3) is 0.200. The fourth-order valence-electron chi connectivity index (χ4n) is 1.96. The van der Waals surface area contributed by atoms with E-state index >= 15 is 0 Å². The summed E-state index contributed by atoms with van der Waals surface area (Å²) in [5, 5.41) is 8.28. The van der Waals surface area contributed by atoms with Crippen molar-refractivity contribution in [3.63, 3.8) is 0 Å². The van der Waals surface area contributed by atoms with Gasteiger partial charge in [0.05, 0.1) is 17.6 Å². The van der Waals surface area contributed by atoms with E-state index in [0.717, 1.165) is 16.7 Å². The summed E-state index contributed by atoms with van der Waals surface area (Å²) in [5.74, 6) is -2.32. The Hall–Kier alpha value is -2.61. The Balaban J connectivity index is 2.24. The van der Waals surface area contributed by atoms with Crippen LogP contribution in [0.4, 0.5) is 4.79 Å². The number of methoxy groups -OCH3 is 1. The van der Waals surface area contributed by atoms with Gasteiger partial charge in [-0.15, -0.1) is 0 Å². The lowest BCUT2D eigenvalue weighted by atomic mass is 10.1. The Morgan fingerprint density at radius 1 is 1.26 bits per heavy atom. The average Bonchev–Trinajstić information content (AvgIpc) is 2.80. The quantitative estimate of drug-likeness (QED) is 0.663. The molecule has 1 aromatic carbocycles. The average molecular weight is 335 g/mol. The molecule has 0 bridgehead atoms. The number of hydrogen-bond acceptors (Lipinski definition) is 6. The highest BCUT2D eigenvalue weighted by Crippen LogP contribution is 2.33. The first-order valence-electron chi connectivity index (χ1n) is 6.53. The van der Waals surface area contributed by atoms with Gasteiger partial charge in [0.25, 0.3) is 11.1 Å². The van der Waals surface area contributed by atoms with E-state index < -0.39 is 29.1 Å². The molecule has 1 N–H and O–H groups in total. The van der Waals surface area contributed by atoms with Crippen LogP contribution < -0.4 is 0 Å². The smallest absolute Gasteiger partial charge is 0.335 e. The van der Waals surface area contributed by atoms with Gasteiger partial charge in [0.1, 0.15) is 6.04 Å². The van der Waals surface area contributed by atoms with Gasteiger partial charge in [-0.3, -0.25) is 14.5 Å². The summed E-state index contributed by atoms with van der Waals surface area (Å²) < 4.78 is 4.54. The molecule has 0 unspecified atom stereocenters. The summed E-state index contributed by atoms with van der Waals surface area (Å²) in [5.41, 5.74) is 0.695. The molecule has 0 spiro atoms. The second kappa shape index (κ2) is 6.66. The van der Waals surface area contributed by atoms with Crippen molar-refractivity contribution in [3.05, 3.63) is 40.3 Å². The van der Waals surface area contributed by atoms with E-state index in [1.165, 1.54) is 44.4 Å². The molecule has 23 heavy (non-hydrogen) atoms. The maximum Gasteiger partial charge on any atom is 0.335 e. The minimum absolute atomic E-state index is 0.120. The fourth-order valence-corrected chi connectivity index (χ4v) is 2.87. The Morgan fingerprint density at radius 2 is 1.87 bits per heavy atom. The van der Waals surface area contributed by atoms with Gasteiger partial charge in [0.2, 0.25) is 0 Å². The van der Waals surface area contributed by atoms with E-state index in [1.54, 1.807) is 0 Å². The number of imide groups is 1. The molecule has 2 amide bonds. The summed E-state index contributed by atoms with van der Waals surface area (Å²) in [6.07, 6.45) is 1.47. The van der Waals surface area contributed by atoms with Gasteiger partial charge < -0.3 is 9.84 Å². The molecular weight excluding hydrogens is 322 g/mol. The molecule has 0 aromatic heterocycles. The molecule has 0 radical (unpaired) electrons. The van der Waals surface area contributed by atoms with Crippen molar-refractivity contribution in [2.45, 2.75) is 13.0 Å². The van der Waals surface area contributed by atoms with Gasteiger partial charge in [0, 0.05) is 0 Å². The highest BCUT2D eigenvalue weighted by atomic mass is 32.2. The Bertz CT molecular complexity index is 709. The summed E-state index contributed by atoms with van der Waals surface area (Å²) in [7, 11) is 1.18. The van der Waals surface area contributed by atoms with Crippen LogP contribution >= 0.6 is 11.8 Å². The van der Waals surface area contributed by atoms with Crippen LogP contribution in [0.2, 0.25) is 0 Å². The van der Waals surface area contributed by atoms with Crippen LogP contribution in [0.25, 0.3) is 6.08 Å². The Labute approximate surface area is 135 Å². The summed E-state index contributed by atoms with van der Waals surface area (Å²) in [6.45, 7) is 1.41. The van der Waals surface area contributed by atoms with Crippen LogP contribution in [-0.2, 0) is 14.3 Å². The number of amides is 2. The third-order valence-electron chi connectivity index (χ3n) is 3.21. The predicted octanol–water partition coefficient (Wildman–Crippen LogP) is 1.98. The standard InChI is InChI=1S/C15H13NO6S/c1-8(14(20)22-2)16-12(17)11(23-15(16)21)7-9-3-5-10(6-4-9)13(18)19/h3-8H,1-2H3,(H,18,19)/b11-7+/t8-/m0/s1. The van der Waals surface area contributed by atoms with E-state index in [4.69, 9.17) is 5.11 Å². The number of ether oxygens (including phenoxy) is 1. The normalized spacial score (nSPS) is 17.5. The molecule has 7 nitrogen and oxygen atoms in total. The number of hydrogen-bond donors (Lipinski definition) is 1. The number of carbonyl (C=O) groups is 4. The number of benzene rings is 1. The number of aromatic carboxylic acids is 1. The third kappa shape index (κ3) is 3.42. The second-order valence-electron chi connectivity index (χ2n) is 4.68. The molecule has 1 heterocycles. The number of thioether (sulfide) groups is 1. The van der Waals surface area contributed by atoms with Gasteiger partial charge in [-0.2, -0.15) is 0 Å². The monoisotopic (exact) mass is 335 g/mol. The lowest BCUT2D eigenvalue weighted by Crippen LogP contribution is -2.42. The molecule has 1 fully saturated rings. The maximum absolute atomic E-state index is 12.3. The zero-order valence-corrected chi connectivity index (χ0v) is 13.1. The van der Waals surface area contributed by atoms with Crippen molar-refractivity contribution < 1.29 is 29.0 Å². The van der Waals surface area contributed by atoms with Crippen LogP contribution in [0.1, 0.15) is 22.8 Å². The molecular formula is C15H13NO6S. The van der Waals surface area contributed by atoms with Gasteiger partial charge in [-0.1, -0.05) is 12.1 Å². The topological polar surface area (TPSA) is 101 Å². The number of carboxylic acids is 1. The highest BCUT2D eigenvalue weighted by Gasteiger charge is 2.41. The van der Waals surface area contributed by atoms with Crippen molar-refractivity contribution >= 4 is 40.9 Å². The van der Waals surface area contributed by atoms with Crippen LogP contribution in [0, 0.1) is 0 Å². The second-order valence-corrected chi connectivity index (χ2v) is 5.67. The predicted molar refractivity (Wildman–Crippen MR) is 82.7 cm³/mol. The summed E-state index contributed by atoms with van der Waals surface area (Å²) in [4.78, 5) is 47.5. The molecule has 120 valence electrons. The van der Waals surface area contributed by atoms with Crippen molar-refractivity contribution in [2.24, 2.45) is 0 Å². The largest absolute Gasteiger partial charge is 0.478 e. The van der Waals surface area contributed by atoms with E-state index in [2.05, 4.69) is 4.74 Å². The molecule has 1 aliphatic heterocycles. The highest BCUT2D eigenvalue weighted by molar-refractivity contribution is 8.18. The van der Waals surface area contributed by atoms with Crippen molar-refractivity contribution in [2.75, 3.05) is 7.11 Å². The van der Waals surface area contributed by atoms with Crippen LogP contribution in [0.3, 0.4) is 0 Å². The van der Waals surface area contributed by atoms with Crippen molar-refractivity contribution in [1.29, 1.82) is 0 Å². The van der Waals surface area contributed by atoms with Crippen molar-refractivity contribution in [3.8, 4) is 0 Å². The molecule has 0 aliphatic carbocycles. The Morgan fingerprint density at radius 3 is 2.39 bits per heavy atom. The van der Waals surface area contributed by atoms with E-state index in [0.29, 0.717) is 5.56 Å². The lowest BCUT2D eigenvalue weighted by molar-refractivity contribution is -0.148. The Kier molecular flexibility index (Phi) is 4.85. The lowest BCUT2D eigenvalue weighted by Gasteiger charge is -2.18. The number of carbonyl (C=O) groups excluding carboxylic acids is 3. The number of carboxylic acid groups (broad SMARTS) is 1. The third-order valence-corrected chi connectivity index (χ3v) is 4.09. The van der Waals surface area contributed by atoms with Gasteiger partial charge in [0.15, 0.2) is 0 Å². The molecule has 1 saturated heterocycles. The number of rotatable bonds is 4. The van der Waals surface area contributed by atoms with E-state index in [1.807, 2.05) is 0 Å². The minimum atomic E-state index is -1.05. The zero-order valence-electron chi connectivity index (χ0n) is 12.3. The van der Waals surface area contributed by atoms with E-state index in [9.17, 15) is 19.2 Å².